The van der Waals surface area contributed by atoms with Crippen LogP contribution in [0.3, 0.4) is 0 Å². The van der Waals surface area contributed by atoms with Crippen molar-refractivity contribution in [2.24, 2.45) is 11.8 Å². The molecule has 2 aliphatic heterocycles. The van der Waals surface area contributed by atoms with E-state index in [9.17, 15) is 9.59 Å². The second kappa shape index (κ2) is 10.4. The first kappa shape index (κ1) is 24.4. The van der Waals surface area contributed by atoms with Crippen LogP contribution in [0.15, 0.2) is 82.6 Å². The molecule has 0 bridgehead atoms. The zero-order chi connectivity index (χ0) is 25.2. The molecule has 0 aliphatic carbocycles. The molecule has 0 radical (unpaired) electrons. The molecule has 0 N–H and O–H groups in total. The van der Waals surface area contributed by atoms with Gasteiger partial charge in [-0.2, -0.15) is 0 Å². The normalized spacial score (nSPS) is 21.0. The van der Waals surface area contributed by atoms with E-state index in [1.54, 1.807) is 0 Å². The molecule has 2 amide bonds. The number of likely N-dealkylation sites (tertiary alicyclic amines) is 1. The fourth-order valence-electron chi connectivity index (χ4n) is 5.31. The first-order chi connectivity index (χ1) is 17.4. The summed E-state index contributed by atoms with van der Waals surface area (Å²) in [4.78, 5) is 32.7. The average Bonchev–Trinajstić information content (AvgIpc) is 2.86. The number of fused-ring (bicyclic) bond motifs is 1. The van der Waals surface area contributed by atoms with E-state index in [4.69, 9.17) is 0 Å². The van der Waals surface area contributed by atoms with Crippen molar-refractivity contribution >= 4 is 35.3 Å². The van der Waals surface area contributed by atoms with Crippen molar-refractivity contribution in [1.29, 1.82) is 0 Å². The van der Waals surface area contributed by atoms with E-state index < -0.39 is 0 Å². The number of rotatable bonds is 4. The van der Waals surface area contributed by atoms with Gasteiger partial charge in [0.1, 0.15) is 0 Å². The predicted molar refractivity (Wildman–Crippen MR) is 148 cm³/mol. The molecule has 2 aliphatic rings. The van der Waals surface area contributed by atoms with Gasteiger partial charge in [-0.05, 0) is 60.6 Å². The van der Waals surface area contributed by atoms with Gasteiger partial charge in [0.05, 0.1) is 17.1 Å². The summed E-state index contributed by atoms with van der Waals surface area (Å²) >= 11 is 1.48. The number of hydrogen-bond acceptors (Lipinski definition) is 3. The Morgan fingerprint density at radius 1 is 0.972 bits per heavy atom. The summed E-state index contributed by atoms with van der Waals surface area (Å²) in [7, 11) is 0. The lowest BCUT2D eigenvalue weighted by Crippen LogP contribution is -2.42. The highest BCUT2D eigenvalue weighted by atomic mass is 32.2. The van der Waals surface area contributed by atoms with Crippen LogP contribution in [0.25, 0.3) is 6.08 Å². The molecule has 1 saturated heterocycles. The highest BCUT2D eigenvalue weighted by Gasteiger charge is 2.32. The van der Waals surface area contributed by atoms with E-state index in [0.717, 1.165) is 46.8 Å². The molecule has 1 fully saturated rings. The van der Waals surface area contributed by atoms with Gasteiger partial charge in [-0.15, -0.1) is 0 Å². The molecule has 3 aromatic rings. The molecule has 4 nitrogen and oxygen atoms in total. The molecule has 36 heavy (non-hydrogen) atoms. The lowest BCUT2D eigenvalue weighted by Gasteiger charge is -2.35. The van der Waals surface area contributed by atoms with Crippen LogP contribution in [-0.2, 0) is 11.3 Å². The Balaban J connectivity index is 1.52. The number of piperidine rings is 1. The monoisotopic (exact) mass is 496 g/mol. The number of nitrogens with zero attached hydrogens (tertiary/aromatic N) is 2. The van der Waals surface area contributed by atoms with Crippen molar-refractivity contribution in [2.75, 3.05) is 18.0 Å². The van der Waals surface area contributed by atoms with Crippen LogP contribution in [0.2, 0.25) is 0 Å². The molecular weight excluding hydrogens is 464 g/mol. The summed E-state index contributed by atoms with van der Waals surface area (Å²) in [6, 6.07) is 24.0. The predicted octanol–water partition coefficient (Wildman–Crippen LogP) is 6.79. The number of anilines is 1. The second-order valence-electron chi connectivity index (χ2n) is 10.2. The number of amides is 2. The van der Waals surface area contributed by atoms with Crippen LogP contribution >= 0.6 is 11.8 Å². The van der Waals surface area contributed by atoms with Crippen molar-refractivity contribution < 1.29 is 9.59 Å². The van der Waals surface area contributed by atoms with Crippen molar-refractivity contribution in [3.8, 4) is 0 Å². The largest absolute Gasteiger partial charge is 0.338 e. The topological polar surface area (TPSA) is 40.6 Å². The van der Waals surface area contributed by atoms with E-state index in [1.165, 1.54) is 11.8 Å². The molecule has 0 spiro atoms. The van der Waals surface area contributed by atoms with Crippen molar-refractivity contribution in [2.45, 2.75) is 38.6 Å². The highest BCUT2D eigenvalue weighted by molar-refractivity contribution is 8.04. The second-order valence-corrected chi connectivity index (χ2v) is 11.3. The van der Waals surface area contributed by atoms with Crippen LogP contribution in [0.5, 0.6) is 0 Å². The Labute approximate surface area is 218 Å². The summed E-state index contributed by atoms with van der Waals surface area (Å²) in [5, 5.41) is 0. The standard InChI is InChI=1S/C31H32N2O2S/c1-21-8-7-11-25(15-21)20-33-27-17-26(30(34)32-18-22(2)14-23(3)19-32)12-13-28(27)36-29(31(33)35)16-24-9-5-4-6-10-24/h4-13,15-17,22-23H,14,18-20H2,1-3H3/b29-16+/t22-,23+. The van der Waals surface area contributed by atoms with Crippen molar-refractivity contribution in [1.82, 2.24) is 4.90 Å². The fraction of sp³-hybridized carbons (Fsp3) is 0.290. The van der Waals surface area contributed by atoms with Gasteiger partial charge in [0.15, 0.2) is 0 Å². The minimum absolute atomic E-state index is 0.0392. The molecule has 2 heterocycles. The quantitative estimate of drug-likeness (QED) is 0.373. The maximum atomic E-state index is 13.8. The van der Waals surface area contributed by atoms with E-state index in [1.807, 2.05) is 76.5 Å². The van der Waals surface area contributed by atoms with Crippen LogP contribution in [0.1, 0.15) is 47.3 Å². The third-order valence-corrected chi connectivity index (χ3v) is 7.93. The van der Waals surface area contributed by atoms with Gasteiger partial charge in [0.25, 0.3) is 11.8 Å². The Hall–Kier alpha value is -3.31. The molecular formula is C31H32N2O2S. The van der Waals surface area contributed by atoms with Gasteiger partial charge >= 0.3 is 0 Å². The SMILES string of the molecule is Cc1cccc(CN2C(=O)/C(=C\c3ccccc3)Sc3ccc(C(=O)N4C[C@H](C)C[C@H](C)C4)cc32)c1. The summed E-state index contributed by atoms with van der Waals surface area (Å²) in [5.41, 5.74) is 4.67. The molecule has 184 valence electrons. The molecule has 3 aromatic carbocycles. The zero-order valence-corrected chi connectivity index (χ0v) is 21.9. The van der Waals surface area contributed by atoms with Crippen LogP contribution < -0.4 is 4.90 Å². The Morgan fingerprint density at radius 2 is 1.72 bits per heavy atom. The number of hydrogen-bond donors (Lipinski definition) is 0. The summed E-state index contributed by atoms with van der Waals surface area (Å²) in [5.74, 6) is 1.00. The molecule has 5 heteroatoms. The molecule has 0 saturated carbocycles. The Morgan fingerprint density at radius 3 is 2.44 bits per heavy atom. The molecule has 0 unspecified atom stereocenters. The third-order valence-electron chi connectivity index (χ3n) is 6.85. The zero-order valence-electron chi connectivity index (χ0n) is 21.1. The number of benzene rings is 3. The van der Waals surface area contributed by atoms with E-state index in [-0.39, 0.29) is 11.8 Å². The molecule has 2 atom stereocenters. The van der Waals surface area contributed by atoms with Crippen LogP contribution in [0, 0.1) is 18.8 Å². The average molecular weight is 497 g/mol. The number of carbonyl (C=O) groups excluding carboxylic acids is 2. The van der Waals surface area contributed by atoms with Crippen molar-refractivity contribution in [3.63, 3.8) is 0 Å². The van der Waals surface area contributed by atoms with Crippen molar-refractivity contribution in [3.05, 3.63) is 100.0 Å². The number of aryl methyl sites for hydroxylation is 1. The fourth-order valence-corrected chi connectivity index (χ4v) is 6.34. The molecule has 0 aromatic heterocycles. The van der Waals surface area contributed by atoms with E-state index in [0.29, 0.717) is 28.8 Å². The third kappa shape index (κ3) is 5.26. The Bertz CT molecular complexity index is 1310. The van der Waals surface area contributed by atoms with Gasteiger partial charge in [-0.3, -0.25) is 9.59 Å². The minimum Gasteiger partial charge on any atom is -0.338 e. The van der Waals surface area contributed by atoms with Gasteiger partial charge < -0.3 is 9.80 Å². The first-order valence-electron chi connectivity index (χ1n) is 12.6. The number of thioether (sulfide) groups is 1. The Kier molecular flexibility index (Phi) is 7.01. The minimum atomic E-state index is -0.0392. The maximum Gasteiger partial charge on any atom is 0.265 e. The summed E-state index contributed by atoms with van der Waals surface area (Å²) < 4.78 is 0. The molecule has 5 rings (SSSR count). The van der Waals surface area contributed by atoms with Gasteiger partial charge in [-0.1, -0.05) is 85.8 Å². The van der Waals surface area contributed by atoms with Gasteiger partial charge in [0, 0.05) is 23.5 Å². The lowest BCUT2D eigenvalue weighted by atomic mass is 9.91. The lowest BCUT2D eigenvalue weighted by molar-refractivity contribution is -0.114. The summed E-state index contributed by atoms with van der Waals surface area (Å²) in [6.07, 6.45) is 3.11. The van der Waals surface area contributed by atoms with E-state index >= 15 is 0 Å². The smallest absolute Gasteiger partial charge is 0.265 e. The maximum absolute atomic E-state index is 13.8. The van der Waals surface area contributed by atoms with Gasteiger partial charge in [0.2, 0.25) is 0 Å². The van der Waals surface area contributed by atoms with Crippen LogP contribution in [-0.4, -0.2) is 29.8 Å². The highest BCUT2D eigenvalue weighted by Crippen LogP contribution is 2.43. The number of carbonyl (C=O) groups is 2. The first-order valence-corrected chi connectivity index (χ1v) is 13.4. The summed E-state index contributed by atoms with van der Waals surface area (Å²) in [6.45, 7) is 8.50. The van der Waals surface area contributed by atoms with Crippen LogP contribution in [0.4, 0.5) is 5.69 Å². The van der Waals surface area contributed by atoms with E-state index in [2.05, 4.69) is 32.9 Å². The van der Waals surface area contributed by atoms with Gasteiger partial charge in [-0.25, -0.2) is 0 Å².